The molecule has 2 unspecified atom stereocenters. The maximum absolute atomic E-state index is 6.00. The number of nitrogens with two attached hydrogens (primary N) is 1. The first-order chi connectivity index (χ1) is 6.52. The van der Waals surface area contributed by atoms with Gasteiger partial charge >= 0.3 is 0 Å². The van der Waals surface area contributed by atoms with Gasteiger partial charge in [0.15, 0.2) is 0 Å². The Morgan fingerprint density at radius 3 is 2.71 bits per heavy atom. The fourth-order valence-electron chi connectivity index (χ4n) is 1.70. The molecule has 3 nitrogen and oxygen atoms in total. The van der Waals surface area contributed by atoms with Gasteiger partial charge in [0.1, 0.15) is 0 Å². The van der Waals surface area contributed by atoms with Gasteiger partial charge in [-0.3, -0.25) is 4.90 Å². The van der Waals surface area contributed by atoms with Crippen molar-refractivity contribution in [2.45, 2.75) is 39.0 Å². The summed E-state index contributed by atoms with van der Waals surface area (Å²) in [6.07, 6.45) is 0.114. The number of rotatable bonds is 3. The van der Waals surface area contributed by atoms with Gasteiger partial charge in [-0.25, -0.2) is 0 Å². The lowest BCUT2D eigenvalue weighted by Gasteiger charge is -2.38. The second kappa shape index (κ2) is 4.91. The van der Waals surface area contributed by atoms with Crippen LogP contribution in [0.2, 0.25) is 0 Å². The van der Waals surface area contributed by atoms with Crippen molar-refractivity contribution in [3.8, 4) is 0 Å². The Bertz CT molecular complexity index is 203. The molecule has 0 aliphatic carbocycles. The Morgan fingerprint density at radius 1 is 1.57 bits per heavy atom. The van der Waals surface area contributed by atoms with Crippen LogP contribution in [0.5, 0.6) is 0 Å². The Morgan fingerprint density at radius 2 is 2.21 bits per heavy atom. The van der Waals surface area contributed by atoms with E-state index in [1.807, 2.05) is 6.92 Å². The first-order valence-corrected chi connectivity index (χ1v) is 5.29. The highest BCUT2D eigenvalue weighted by Gasteiger charge is 2.27. The van der Waals surface area contributed by atoms with Crippen LogP contribution in [-0.4, -0.2) is 42.8 Å². The largest absolute Gasteiger partial charge is 0.374 e. The minimum atomic E-state index is -0.0310. The van der Waals surface area contributed by atoms with Crippen LogP contribution in [0.25, 0.3) is 0 Å². The van der Waals surface area contributed by atoms with E-state index in [2.05, 4.69) is 25.3 Å². The molecule has 1 aliphatic rings. The van der Waals surface area contributed by atoms with Crippen molar-refractivity contribution < 1.29 is 4.74 Å². The van der Waals surface area contributed by atoms with Crippen LogP contribution in [0.15, 0.2) is 12.2 Å². The summed E-state index contributed by atoms with van der Waals surface area (Å²) in [6.45, 7) is 13.0. The van der Waals surface area contributed by atoms with E-state index >= 15 is 0 Å². The van der Waals surface area contributed by atoms with Crippen LogP contribution < -0.4 is 5.73 Å². The topological polar surface area (TPSA) is 38.5 Å². The number of nitrogens with zero attached hydrogens (tertiary/aromatic N) is 1. The zero-order valence-electron chi connectivity index (χ0n) is 9.49. The molecule has 1 rings (SSSR count). The fourth-order valence-corrected chi connectivity index (χ4v) is 1.70. The van der Waals surface area contributed by atoms with Gasteiger partial charge in [0, 0.05) is 19.1 Å². The van der Waals surface area contributed by atoms with E-state index in [9.17, 15) is 0 Å². The third-order valence-electron chi connectivity index (χ3n) is 2.82. The Kier molecular flexibility index (Phi) is 4.11. The highest BCUT2D eigenvalue weighted by atomic mass is 16.5. The molecule has 0 amide bonds. The number of ether oxygens (including phenoxy) is 1. The van der Waals surface area contributed by atoms with Gasteiger partial charge in [-0.15, -0.1) is 0 Å². The molecule has 1 saturated heterocycles. The molecular weight excluding hydrogens is 176 g/mol. The van der Waals surface area contributed by atoms with Gasteiger partial charge in [-0.2, -0.15) is 0 Å². The number of morpholine rings is 1. The Labute approximate surface area is 86.9 Å². The normalized spacial score (nSPS) is 26.5. The third-order valence-corrected chi connectivity index (χ3v) is 2.82. The maximum atomic E-state index is 6.00. The van der Waals surface area contributed by atoms with Gasteiger partial charge < -0.3 is 10.5 Å². The predicted molar refractivity (Wildman–Crippen MR) is 59.2 cm³/mol. The zero-order valence-corrected chi connectivity index (χ0v) is 9.49. The summed E-state index contributed by atoms with van der Waals surface area (Å²) in [6, 6.07) is 0.537. The molecule has 0 aromatic heterocycles. The lowest BCUT2D eigenvalue weighted by Crippen LogP contribution is -2.52. The first-order valence-electron chi connectivity index (χ1n) is 5.29. The van der Waals surface area contributed by atoms with Crippen molar-refractivity contribution >= 4 is 0 Å². The van der Waals surface area contributed by atoms with Crippen LogP contribution in [0, 0.1) is 0 Å². The quantitative estimate of drug-likeness (QED) is 0.688. The Hall–Kier alpha value is -0.380. The lowest BCUT2D eigenvalue weighted by atomic mass is 10.0. The summed E-state index contributed by atoms with van der Waals surface area (Å²) in [5.74, 6) is 0. The van der Waals surface area contributed by atoms with Gasteiger partial charge in [-0.05, 0) is 20.8 Å². The monoisotopic (exact) mass is 198 g/mol. The average Bonchev–Trinajstić information content (AvgIpc) is 2.16. The minimum absolute atomic E-state index is 0.0310. The van der Waals surface area contributed by atoms with Crippen molar-refractivity contribution in [3.05, 3.63) is 12.2 Å². The van der Waals surface area contributed by atoms with Gasteiger partial charge in [0.05, 0.1) is 18.8 Å². The molecule has 2 atom stereocenters. The molecule has 3 heteroatoms. The molecule has 0 radical (unpaired) electrons. The standard InChI is InChI=1S/C11H22N2O/c1-8(2)11(12)10-7-13(9(3)4)5-6-14-10/h9-11H,1,5-7,12H2,2-4H3. The molecule has 0 spiro atoms. The second-order valence-electron chi connectivity index (χ2n) is 4.37. The molecule has 1 heterocycles. The van der Waals surface area contributed by atoms with E-state index in [0.717, 1.165) is 25.3 Å². The van der Waals surface area contributed by atoms with Crippen molar-refractivity contribution in [1.82, 2.24) is 4.90 Å². The molecule has 0 bridgehead atoms. The van der Waals surface area contributed by atoms with Crippen LogP contribution in [0.1, 0.15) is 20.8 Å². The molecule has 0 saturated carbocycles. The predicted octanol–water partition coefficient (Wildman–Crippen LogP) is 0.999. The second-order valence-corrected chi connectivity index (χ2v) is 4.37. The summed E-state index contributed by atoms with van der Waals surface area (Å²) in [4.78, 5) is 2.40. The van der Waals surface area contributed by atoms with E-state index < -0.39 is 0 Å². The van der Waals surface area contributed by atoms with Crippen molar-refractivity contribution in [3.63, 3.8) is 0 Å². The maximum Gasteiger partial charge on any atom is 0.0891 e. The van der Waals surface area contributed by atoms with E-state index in [-0.39, 0.29) is 12.1 Å². The smallest absolute Gasteiger partial charge is 0.0891 e. The average molecular weight is 198 g/mol. The van der Waals surface area contributed by atoms with E-state index in [1.54, 1.807) is 0 Å². The number of hydrogen-bond acceptors (Lipinski definition) is 3. The molecule has 2 N–H and O–H groups in total. The van der Waals surface area contributed by atoms with Crippen LogP contribution in [0.3, 0.4) is 0 Å². The van der Waals surface area contributed by atoms with Crippen LogP contribution in [-0.2, 0) is 4.74 Å². The number of hydrogen-bond donors (Lipinski definition) is 1. The fraction of sp³-hybridized carbons (Fsp3) is 0.818. The molecular formula is C11H22N2O. The summed E-state index contributed by atoms with van der Waals surface area (Å²) in [5, 5.41) is 0. The molecule has 0 aromatic rings. The van der Waals surface area contributed by atoms with E-state index in [0.29, 0.717) is 6.04 Å². The third kappa shape index (κ3) is 2.80. The molecule has 14 heavy (non-hydrogen) atoms. The van der Waals surface area contributed by atoms with Gasteiger partial charge in [0.2, 0.25) is 0 Å². The minimum Gasteiger partial charge on any atom is -0.374 e. The summed E-state index contributed by atoms with van der Waals surface area (Å²) < 4.78 is 5.65. The highest BCUT2D eigenvalue weighted by molar-refractivity contribution is 5.05. The summed E-state index contributed by atoms with van der Waals surface area (Å²) in [5.41, 5.74) is 7.00. The molecule has 82 valence electrons. The molecule has 0 aromatic carbocycles. The van der Waals surface area contributed by atoms with Crippen LogP contribution >= 0.6 is 0 Å². The summed E-state index contributed by atoms with van der Waals surface area (Å²) >= 11 is 0. The van der Waals surface area contributed by atoms with E-state index in [4.69, 9.17) is 10.5 Å². The van der Waals surface area contributed by atoms with Gasteiger partial charge in [0.25, 0.3) is 0 Å². The van der Waals surface area contributed by atoms with E-state index in [1.165, 1.54) is 0 Å². The first kappa shape index (κ1) is 11.7. The zero-order chi connectivity index (χ0) is 10.7. The van der Waals surface area contributed by atoms with Crippen LogP contribution in [0.4, 0.5) is 0 Å². The van der Waals surface area contributed by atoms with Crippen molar-refractivity contribution in [2.24, 2.45) is 5.73 Å². The molecule has 1 fully saturated rings. The summed E-state index contributed by atoms with van der Waals surface area (Å²) in [7, 11) is 0. The lowest BCUT2D eigenvalue weighted by molar-refractivity contribution is -0.0446. The van der Waals surface area contributed by atoms with Crippen molar-refractivity contribution in [2.75, 3.05) is 19.7 Å². The Balaban J connectivity index is 2.51. The highest BCUT2D eigenvalue weighted by Crippen LogP contribution is 2.13. The SMILES string of the molecule is C=C(C)C(N)C1CN(C(C)C)CCO1. The van der Waals surface area contributed by atoms with Gasteiger partial charge in [-0.1, -0.05) is 12.2 Å². The van der Waals surface area contributed by atoms with Crippen molar-refractivity contribution in [1.29, 1.82) is 0 Å². The molecule has 1 aliphatic heterocycles.